The molecule has 0 spiro atoms. The van der Waals surface area contributed by atoms with Gasteiger partial charge in [-0.05, 0) is 30.7 Å². The molecule has 2 aromatic heterocycles. The van der Waals surface area contributed by atoms with Gasteiger partial charge in [-0.3, -0.25) is 9.82 Å². The Kier molecular flexibility index (Phi) is 5.09. The zero-order valence-corrected chi connectivity index (χ0v) is 15.5. The molecular formula is C15H15ClN4O3S2. The number of nitrogens with zero attached hydrogens (tertiary/aromatic N) is 2. The quantitative estimate of drug-likeness (QED) is 0.591. The molecule has 3 N–H and O–H groups in total. The predicted octanol–water partition coefficient (Wildman–Crippen LogP) is 2.90. The van der Waals surface area contributed by atoms with Crippen LogP contribution in [-0.4, -0.2) is 28.7 Å². The van der Waals surface area contributed by atoms with Crippen molar-refractivity contribution in [1.29, 1.82) is 0 Å². The van der Waals surface area contributed by atoms with Gasteiger partial charge in [0.15, 0.2) is 5.13 Å². The third-order valence-electron chi connectivity index (χ3n) is 3.56. The van der Waals surface area contributed by atoms with Gasteiger partial charge in [0.25, 0.3) is 10.0 Å². The van der Waals surface area contributed by atoms with Gasteiger partial charge in [0.05, 0.1) is 10.6 Å². The minimum Gasteiger partial charge on any atom is -0.386 e. The number of sulfonamides is 1. The summed E-state index contributed by atoms with van der Waals surface area (Å²) in [5, 5.41) is 18.9. The lowest BCUT2D eigenvalue weighted by molar-refractivity contribution is 0.173. The van der Waals surface area contributed by atoms with Crippen molar-refractivity contribution in [2.75, 3.05) is 4.72 Å². The van der Waals surface area contributed by atoms with Gasteiger partial charge in [-0.2, -0.15) is 5.10 Å². The largest absolute Gasteiger partial charge is 0.386 e. The molecule has 0 saturated carbocycles. The molecule has 3 aromatic rings. The molecule has 10 heteroatoms. The molecule has 7 nitrogen and oxygen atoms in total. The number of aromatic amines is 1. The molecule has 0 aliphatic carbocycles. The molecule has 0 bridgehead atoms. The molecule has 0 amide bonds. The van der Waals surface area contributed by atoms with E-state index in [1.807, 2.05) is 0 Å². The Morgan fingerprint density at radius 2 is 2.20 bits per heavy atom. The van der Waals surface area contributed by atoms with Gasteiger partial charge in [-0.25, -0.2) is 13.4 Å². The third kappa shape index (κ3) is 4.01. The predicted molar refractivity (Wildman–Crippen MR) is 96.4 cm³/mol. The van der Waals surface area contributed by atoms with Crippen LogP contribution in [0.1, 0.15) is 23.1 Å². The third-order valence-corrected chi connectivity index (χ3v) is 6.36. The van der Waals surface area contributed by atoms with Gasteiger partial charge < -0.3 is 5.11 Å². The zero-order valence-electron chi connectivity index (χ0n) is 13.1. The molecule has 1 aromatic carbocycles. The number of benzene rings is 1. The van der Waals surface area contributed by atoms with E-state index >= 15 is 0 Å². The zero-order chi connectivity index (χ0) is 18.0. The first-order valence-corrected chi connectivity index (χ1v) is 10.0. The molecule has 0 saturated heterocycles. The average Bonchev–Trinajstić information content (AvgIpc) is 3.21. The van der Waals surface area contributed by atoms with Gasteiger partial charge in [0.2, 0.25) is 0 Å². The normalized spacial score (nSPS) is 12.9. The summed E-state index contributed by atoms with van der Waals surface area (Å²) in [7, 11) is -3.81. The Bertz CT molecular complexity index is 971. The van der Waals surface area contributed by atoms with Crippen LogP contribution in [0.25, 0.3) is 0 Å². The number of aromatic nitrogens is 3. The molecule has 0 fully saturated rings. The maximum Gasteiger partial charge on any atom is 0.263 e. The summed E-state index contributed by atoms with van der Waals surface area (Å²) in [6.07, 6.45) is 1.04. The fraction of sp³-hybridized carbons (Fsp3) is 0.200. The second-order valence-electron chi connectivity index (χ2n) is 5.35. The van der Waals surface area contributed by atoms with Crippen LogP contribution in [0.5, 0.6) is 0 Å². The van der Waals surface area contributed by atoms with E-state index in [9.17, 15) is 13.5 Å². The highest BCUT2D eigenvalue weighted by Crippen LogP contribution is 2.27. The molecule has 25 heavy (non-hydrogen) atoms. The van der Waals surface area contributed by atoms with Crippen LogP contribution >= 0.6 is 22.9 Å². The van der Waals surface area contributed by atoms with Crippen LogP contribution < -0.4 is 4.72 Å². The molecule has 132 valence electrons. The van der Waals surface area contributed by atoms with E-state index < -0.39 is 16.1 Å². The molecule has 0 radical (unpaired) electrons. The Morgan fingerprint density at radius 1 is 1.40 bits per heavy atom. The summed E-state index contributed by atoms with van der Waals surface area (Å²) >= 11 is 7.09. The van der Waals surface area contributed by atoms with E-state index in [0.29, 0.717) is 22.7 Å². The van der Waals surface area contributed by atoms with Gasteiger partial charge in [-0.1, -0.05) is 17.7 Å². The summed E-state index contributed by atoms with van der Waals surface area (Å²) in [5.41, 5.74) is 1.62. The van der Waals surface area contributed by atoms with Crippen LogP contribution in [0.4, 0.5) is 5.13 Å². The molecule has 1 unspecified atom stereocenters. The number of nitrogens with one attached hydrogen (secondary N) is 2. The highest BCUT2D eigenvalue weighted by atomic mass is 35.5. The maximum absolute atomic E-state index is 12.5. The number of aliphatic hydroxyl groups is 1. The molecule has 2 heterocycles. The second kappa shape index (κ2) is 7.12. The number of H-pyrrole nitrogens is 1. The summed E-state index contributed by atoms with van der Waals surface area (Å²) in [6.45, 7) is 1.64. The average molecular weight is 399 g/mol. The van der Waals surface area contributed by atoms with Crippen molar-refractivity contribution in [2.45, 2.75) is 24.3 Å². The monoisotopic (exact) mass is 398 g/mol. The summed E-state index contributed by atoms with van der Waals surface area (Å²) < 4.78 is 27.5. The van der Waals surface area contributed by atoms with Gasteiger partial charge in [-0.15, -0.1) is 11.3 Å². The van der Waals surface area contributed by atoms with E-state index in [2.05, 4.69) is 19.9 Å². The Balaban J connectivity index is 1.77. The lowest BCUT2D eigenvalue weighted by Gasteiger charge is -2.09. The number of hydrogen-bond donors (Lipinski definition) is 3. The van der Waals surface area contributed by atoms with Gasteiger partial charge in [0, 0.05) is 28.7 Å². The van der Waals surface area contributed by atoms with Crippen molar-refractivity contribution in [3.63, 3.8) is 0 Å². The molecular weight excluding hydrogens is 384 g/mol. The van der Waals surface area contributed by atoms with Gasteiger partial charge >= 0.3 is 0 Å². The van der Waals surface area contributed by atoms with E-state index in [0.717, 1.165) is 17.0 Å². The Morgan fingerprint density at radius 3 is 2.92 bits per heavy atom. The number of rotatable bonds is 6. The van der Waals surface area contributed by atoms with E-state index in [-0.39, 0.29) is 10.0 Å². The highest BCUT2D eigenvalue weighted by molar-refractivity contribution is 7.93. The standard InChI is InChI=1S/C15H15ClN4O3S2/c1-9-11(16)3-2-4-14(9)25(22,23)20-15-18-12(8-24-15)13(21)7-10-5-6-17-19-10/h2-6,8,13,21H,7H2,1H3,(H,17,19)(H,18,20). The second-order valence-corrected chi connectivity index (χ2v) is 8.26. The minimum absolute atomic E-state index is 0.0924. The van der Waals surface area contributed by atoms with Crippen molar-refractivity contribution in [1.82, 2.24) is 15.2 Å². The highest BCUT2D eigenvalue weighted by Gasteiger charge is 2.21. The molecule has 3 rings (SSSR count). The van der Waals surface area contributed by atoms with Crippen molar-refractivity contribution < 1.29 is 13.5 Å². The van der Waals surface area contributed by atoms with Crippen LogP contribution in [0.3, 0.4) is 0 Å². The summed E-state index contributed by atoms with van der Waals surface area (Å²) in [4.78, 5) is 4.26. The lowest BCUT2D eigenvalue weighted by atomic mass is 10.1. The lowest BCUT2D eigenvalue weighted by Crippen LogP contribution is -2.14. The number of anilines is 1. The first-order chi connectivity index (χ1) is 11.9. The van der Waals surface area contributed by atoms with E-state index in [1.54, 1.807) is 36.7 Å². The van der Waals surface area contributed by atoms with Crippen molar-refractivity contribution in [3.05, 3.63) is 57.8 Å². The molecule has 1 atom stereocenters. The minimum atomic E-state index is -3.81. The van der Waals surface area contributed by atoms with Crippen molar-refractivity contribution in [3.8, 4) is 0 Å². The number of halogens is 1. The van der Waals surface area contributed by atoms with Crippen molar-refractivity contribution in [2.24, 2.45) is 0 Å². The number of aliphatic hydroxyl groups excluding tert-OH is 1. The topological polar surface area (TPSA) is 108 Å². The van der Waals surface area contributed by atoms with Crippen LogP contribution in [0.2, 0.25) is 5.02 Å². The summed E-state index contributed by atoms with van der Waals surface area (Å²) in [5.74, 6) is 0. The Hall–Kier alpha value is -1.94. The fourth-order valence-electron chi connectivity index (χ4n) is 2.25. The van der Waals surface area contributed by atoms with Crippen LogP contribution in [-0.2, 0) is 16.4 Å². The number of hydrogen-bond acceptors (Lipinski definition) is 6. The van der Waals surface area contributed by atoms with E-state index in [1.165, 1.54) is 6.07 Å². The SMILES string of the molecule is Cc1c(Cl)cccc1S(=O)(=O)Nc1nc(C(O)Cc2ccn[nH]2)cs1. The fourth-order valence-corrected chi connectivity index (χ4v) is 4.75. The van der Waals surface area contributed by atoms with Crippen molar-refractivity contribution >= 4 is 38.1 Å². The van der Waals surface area contributed by atoms with Gasteiger partial charge in [0.1, 0.15) is 6.10 Å². The maximum atomic E-state index is 12.5. The Labute approximate surface area is 153 Å². The van der Waals surface area contributed by atoms with Crippen LogP contribution in [0.15, 0.2) is 40.7 Å². The molecule has 0 aliphatic heterocycles. The smallest absolute Gasteiger partial charge is 0.263 e. The van der Waals surface area contributed by atoms with E-state index in [4.69, 9.17) is 11.6 Å². The first kappa shape index (κ1) is 17.9. The first-order valence-electron chi connectivity index (χ1n) is 7.26. The summed E-state index contributed by atoms with van der Waals surface area (Å²) in [6, 6.07) is 6.43. The number of thiazole rings is 1. The van der Waals surface area contributed by atoms with Crippen LogP contribution in [0, 0.1) is 6.92 Å². The molecule has 0 aliphatic rings.